The van der Waals surface area contributed by atoms with Gasteiger partial charge >= 0.3 is 24.7 Å². The molecule has 0 bridgehead atoms. The molecule has 0 aliphatic carbocycles. The number of pyridine rings is 2. The summed E-state index contributed by atoms with van der Waals surface area (Å²) in [6.45, 7) is 6.19. The van der Waals surface area contributed by atoms with Crippen LogP contribution in [0, 0.1) is 0 Å². The Morgan fingerprint density at radius 1 is 0.482 bits per heavy atom. The Balaban J connectivity index is 0.000000350. The molecule has 0 unspecified atom stereocenters. The first-order chi connectivity index (χ1) is 25.5. The average molecular weight is 816 g/mol. The molecule has 10 N–H and O–H groups in total. The molecule has 0 saturated heterocycles. The summed E-state index contributed by atoms with van der Waals surface area (Å²) in [6.07, 6.45) is -13.7. The van der Waals surface area contributed by atoms with Crippen molar-refractivity contribution < 1.29 is 52.7 Å². The van der Waals surface area contributed by atoms with Crippen molar-refractivity contribution in [1.82, 2.24) is 39.9 Å². The Labute approximate surface area is 309 Å². The van der Waals surface area contributed by atoms with Gasteiger partial charge in [-0.3, -0.25) is 0 Å². The van der Waals surface area contributed by atoms with Gasteiger partial charge in [-0.1, -0.05) is 32.9 Å². The summed E-state index contributed by atoms with van der Waals surface area (Å²) >= 11 is 0. The van der Waals surface area contributed by atoms with E-state index in [2.05, 4.69) is 60.6 Å². The molecule has 0 fully saturated rings. The molecule has 0 aliphatic rings. The molecule has 0 saturated carbocycles. The number of anilines is 4. The Morgan fingerprint density at radius 3 is 1.32 bits per heavy atom. The summed E-state index contributed by atoms with van der Waals surface area (Å²) in [5, 5.41) is 0. The summed E-state index contributed by atoms with van der Waals surface area (Å²) in [5.41, 5.74) is 22.0. The lowest BCUT2D eigenvalue weighted by atomic mass is 9.96. The van der Waals surface area contributed by atoms with Gasteiger partial charge in [0, 0.05) is 36.7 Å². The van der Waals surface area contributed by atoms with Crippen LogP contribution in [-0.2, 0) is 36.7 Å². The van der Waals surface area contributed by atoms with Gasteiger partial charge in [0.2, 0.25) is 11.9 Å². The number of nitrogens with two attached hydrogens (primary N) is 5. The van der Waals surface area contributed by atoms with Crippen LogP contribution in [0.3, 0.4) is 0 Å². The van der Waals surface area contributed by atoms with E-state index in [0.29, 0.717) is 18.2 Å². The van der Waals surface area contributed by atoms with E-state index in [9.17, 15) is 52.7 Å². The van der Waals surface area contributed by atoms with E-state index in [1.165, 1.54) is 24.3 Å². The number of rotatable bonds is 1. The first-order valence-electron chi connectivity index (χ1n) is 15.0. The lowest BCUT2D eigenvalue weighted by Crippen LogP contribution is -2.16. The van der Waals surface area contributed by atoms with E-state index < -0.39 is 47.4 Å². The topological polar surface area (TPSA) is 233 Å². The molecule has 0 amide bonds. The van der Waals surface area contributed by atoms with Crippen molar-refractivity contribution in [2.45, 2.75) is 57.4 Å². The van der Waals surface area contributed by atoms with Gasteiger partial charge in [-0.25, -0.2) is 39.9 Å². The molecule has 0 radical (unpaired) electrons. The van der Waals surface area contributed by atoms with E-state index in [0.717, 1.165) is 30.2 Å². The zero-order valence-electron chi connectivity index (χ0n) is 29.1. The van der Waals surface area contributed by atoms with Crippen molar-refractivity contribution in [2.75, 3.05) is 22.9 Å². The quantitative estimate of drug-likeness (QED) is 0.110. The van der Waals surface area contributed by atoms with Crippen molar-refractivity contribution in [1.29, 1.82) is 0 Å². The normalized spacial score (nSPS) is 11.6. The molecule has 13 nitrogen and oxygen atoms in total. The maximum Gasteiger partial charge on any atom is 0.433 e. The number of hydrogen-bond donors (Lipinski definition) is 5. The lowest BCUT2D eigenvalue weighted by molar-refractivity contribution is -0.142. The van der Waals surface area contributed by atoms with E-state index in [4.69, 9.17) is 28.7 Å². The van der Waals surface area contributed by atoms with Gasteiger partial charge in [0.1, 0.15) is 34.5 Å². The molecule has 25 heteroatoms. The van der Waals surface area contributed by atoms with Gasteiger partial charge < -0.3 is 28.7 Å². The Hall–Kier alpha value is -6.14. The Bertz CT molecular complexity index is 1800. The number of halogens is 12. The standard InChI is InChI=1S/C8H13N3.C7H7F3N2.C6H5F3N2.2C5H4F3N3/c1-8(2,3)7-10-5-4-6(9)11-7;8-7(9,10)6-3-1-2-5(4-11)12-6;7-6(8,9)4-2-1-3-5(10)11-4;6-5(7,8)3-1-10-4(9)11-2-3;6-5(7,8)3-1-2-10-4(9)11-3/h4-5H,1-3H3,(H2,9,10,11);1-3H,4,11H2;1-3H,(H2,10,11);2*1-2H,(H2,9,10,11). The number of hydrogen-bond acceptors (Lipinski definition) is 13. The van der Waals surface area contributed by atoms with Crippen LogP contribution in [0.5, 0.6) is 0 Å². The average Bonchev–Trinajstić information content (AvgIpc) is 3.08. The highest BCUT2D eigenvalue weighted by molar-refractivity contribution is 5.29. The third kappa shape index (κ3) is 18.3. The van der Waals surface area contributed by atoms with Crippen molar-refractivity contribution >= 4 is 23.5 Å². The number of alkyl halides is 12. The molecule has 0 aliphatic heterocycles. The minimum Gasteiger partial charge on any atom is -0.384 e. The molecule has 56 heavy (non-hydrogen) atoms. The van der Waals surface area contributed by atoms with Gasteiger partial charge in [-0.15, -0.1) is 0 Å². The fraction of sp³-hybridized carbons (Fsp3) is 0.290. The highest BCUT2D eigenvalue weighted by Gasteiger charge is 2.34. The largest absolute Gasteiger partial charge is 0.433 e. The van der Waals surface area contributed by atoms with Crippen molar-refractivity contribution in [2.24, 2.45) is 5.73 Å². The second kappa shape index (κ2) is 20.0. The molecular formula is C31H33F12N13. The summed E-state index contributed by atoms with van der Waals surface area (Å²) < 4.78 is 142. The number of nitrogen functional groups attached to an aromatic ring is 4. The molecule has 0 atom stereocenters. The monoisotopic (exact) mass is 815 g/mol. The minimum atomic E-state index is -4.45. The van der Waals surface area contributed by atoms with Crippen LogP contribution in [0.15, 0.2) is 73.3 Å². The zero-order valence-corrected chi connectivity index (χ0v) is 29.1. The molecule has 0 aromatic carbocycles. The van der Waals surface area contributed by atoms with Crippen LogP contribution >= 0.6 is 0 Å². The van der Waals surface area contributed by atoms with Gasteiger partial charge in [-0.05, 0) is 36.4 Å². The zero-order chi connectivity index (χ0) is 43.1. The van der Waals surface area contributed by atoms with Crippen LogP contribution in [0.1, 0.15) is 54.9 Å². The van der Waals surface area contributed by atoms with Gasteiger partial charge in [0.15, 0.2) is 0 Å². The van der Waals surface area contributed by atoms with Gasteiger partial charge in [0.05, 0.1) is 11.3 Å². The number of nitrogens with zero attached hydrogens (tertiary/aromatic N) is 8. The van der Waals surface area contributed by atoms with Crippen LogP contribution in [0.25, 0.3) is 0 Å². The van der Waals surface area contributed by atoms with Gasteiger partial charge in [0.25, 0.3) is 0 Å². The summed E-state index contributed by atoms with van der Waals surface area (Å²) in [6, 6.07) is 9.49. The number of aromatic nitrogens is 8. The first-order valence-corrected chi connectivity index (χ1v) is 15.0. The minimum absolute atomic E-state index is 0.0178. The fourth-order valence-corrected chi connectivity index (χ4v) is 3.11. The van der Waals surface area contributed by atoms with Gasteiger partial charge in [-0.2, -0.15) is 52.7 Å². The third-order valence-electron chi connectivity index (χ3n) is 5.68. The second-order valence-corrected chi connectivity index (χ2v) is 11.3. The highest BCUT2D eigenvalue weighted by atomic mass is 19.4. The van der Waals surface area contributed by atoms with Crippen LogP contribution in [0.2, 0.25) is 0 Å². The van der Waals surface area contributed by atoms with Crippen LogP contribution < -0.4 is 28.7 Å². The molecule has 0 spiro atoms. The SMILES string of the molecule is CC(C)(C)c1nccc(N)n1.NCc1cccc(C(F)(F)F)n1.Nc1cccc(C(F)(F)F)n1.Nc1ncc(C(F)(F)F)cn1.Nc1nccc(C(F)(F)F)n1. The second-order valence-electron chi connectivity index (χ2n) is 11.3. The van der Waals surface area contributed by atoms with Crippen LogP contribution in [-0.4, -0.2) is 39.9 Å². The van der Waals surface area contributed by atoms with Crippen molar-refractivity contribution in [3.8, 4) is 0 Å². The summed E-state index contributed by atoms with van der Waals surface area (Å²) in [7, 11) is 0. The molecule has 5 aromatic heterocycles. The molecule has 5 aromatic rings. The smallest absolute Gasteiger partial charge is 0.384 e. The Morgan fingerprint density at radius 2 is 0.946 bits per heavy atom. The van der Waals surface area contributed by atoms with Crippen molar-refractivity contribution in [3.05, 3.63) is 107 Å². The van der Waals surface area contributed by atoms with E-state index in [1.807, 2.05) is 0 Å². The van der Waals surface area contributed by atoms with E-state index in [1.54, 1.807) is 12.3 Å². The predicted octanol–water partition coefficient (Wildman–Crippen LogP) is 6.75. The van der Waals surface area contributed by atoms with E-state index >= 15 is 0 Å². The Kier molecular flexibility index (Phi) is 17.1. The summed E-state index contributed by atoms with van der Waals surface area (Å²) in [4.78, 5) is 27.3. The molecule has 5 heterocycles. The van der Waals surface area contributed by atoms with Crippen LogP contribution in [0.4, 0.5) is 76.2 Å². The fourth-order valence-electron chi connectivity index (χ4n) is 3.11. The molecular weight excluding hydrogens is 782 g/mol. The summed E-state index contributed by atoms with van der Waals surface area (Å²) in [5.74, 6) is 0.653. The first kappa shape index (κ1) is 47.9. The highest BCUT2D eigenvalue weighted by Crippen LogP contribution is 2.29. The molecule has 306 valence electrons. The van der Waals surface area contributed by atoms with Crippen molar-refractivity contribution in [3.63, 3.8) is 0 Å². The third-order valence-corrected chi connectivity index (χ3v) is 5.68. The van der Waals surface area contributed by atoms with E-state index in [-0.39, 0.29) is 35.4 Å². The lowest BCUT2D eigenvalue weighted by Gasteiger charge is -2.15. The predicted molar refractivity (Wildman–Crippen MR) is 179 cm³/mol. The maximum absolute atomic E-state index is 12.0. The maximum atomic E-state index is 12.0. The molecule has 5 rings (SSSR count).